The maximum Gasteiger partial charge on any atom is 0.232 e. The first-order valence-electron chi connectivity index (χ1n) is 5.67. The lowest BCUT2D eigenvalue weighted by Crippen LogP contribution is -2.37. The van der Waals surface area contributed by atoms with Gasteiger partial charge in [-0.15, -0.1) is 0 Å². The summed E-state index contributed by atoms with van der Waals surface area (Å²) >= 11 is 0. The third-order valence-corrected chi connectivity index (χ3v) is 3.36. The fourth-order valence-electron chi connectivity index (χ4n) is 2.15. The van der Waals surface area contributed by atoms with Crippen LogP contribution in [0.4, 0.5) is 5.69 Å². The van der Waals surface area contributed by atoms with E-state index in [1.807, 2.05) is 13.2 Å². The molecule has 2 N–H and O–H groups in total. The van der Waals surface area contributed by atoms with Crippen molar-refractivity contribution < 1.29 is 4.79 Å². The number of rotatable bonds is 3. The van der Waals surface area contributed by atoms with Crippen molar-refractivity contribution in [2.75, 3.05) is 18.4 Å². The molecule has 0 aromatic carbocycles. The molecule has 0 radical (unpaired) electrons. The van der Waals surface area contributed by atoms with Crippen LogP contribution >= 0.6 is 0 Å². The zero-order valence-electron chi connectivity index (χ0n) is 9.79. The van der Waals surface area contributed by atoms with E-state index >= 15 is 0 Å². The van der Waals surface area contributed by atoms with E-state index in [1.165, 1.54) is 0 Å². The van der Waals surface area contributed by atoms with Gasteiger partial charge in [-0.25, -0.2) is 0 Å². The van der Waals surface area contributed by atoms with Gasteiger partial charge in [-0.3, -0.25) is 9.48 Å². The molecule has 1 aliphatic heterocycles. The third kappa shape index (κ3) is 1.95. The number of aryl methyl sites for hydroxylation is 1. The molecule has 1 fully saturated rings. The van der Waals surface area contributed by atoms with Crippen LogP contribution in [0.3, 0.4) is 0 Å². The largest absolute Gasteiger partial charge is 0.323 e. The number of nitrogens with one attached hydrogen (secondary N) is 2. The summed E-state index contributed by atoms with van der Waals surface area (Å²) in [6.45, 7) is 3.76. The third-order valence-electron chi connectivity index (χ3n) is 3.36. The summed E-state index contributed by atoms with van der Waals surface area (Å²) in [5.74, 6) is 0.105. The van der Waals surface area contributed by atoms with Gasteiger partial charge < -0.3 is 10.6 Å². The molecule has 2 heterocycles. The van der Waals surface area contributed by atoms with Crippen LogP contribution in [0.5, 0.6) is 0 Å². The summed E-state index contributed by atoms with van der Waals surface area (Å²) in [5, 5.41) is 10.2. The highest BCUT2D eigenvalue weighted by Crippen LogP contribution is 2.30. The Morgan fingerprint density at radius 3 is 3.06 bits per heavy atom. The van der Waals surface area contributed by atoms with Crippen molar-refractivity contribution in [1.82, 2.24) is 15.1 Å². The van der Waals surface area contributed by atoms with E-state index in [2.05, 4.69) is 22.7 Å². The SMILES string of the molecule is CCC1(C(=O)Nc2cnn(C)c2)CCNC1. The number of aromatic nitrogens is 2. The van der Waals surface area contributed by atoms with Gasteiger partial charge >= 0.3 is 0 Å². The molecule has 1 unspecified atom stereocenters. The molecule has 0 saturated carbocycles. The maximum absolute atomic E-state index is 12.2. The molecule has 2 rings (SSSR count). The van der Waals surface area contributed by atoms with Gasteiger partial charge in [0.05, 0.1) is 17.3 Å². The quantitative estimate of drug-likeness (QED) is 0.793. The fraction of sp³-hybridized carbons (Fsp3) is 0.636. The highest BCUT2D eigenvalue weighted by atomic mass is 16.2. The Bertz CT molecular complexity index is 379. The van der Waals surface area contributed by atoms with E-state index in [0.29, 0.717) is 0 Å². The van der Waals surface area contributed by atoms with Crippen molar-refractivity contribution in [2.24, 2.45) is 12.5 Å². The summed E-state index contributed by atoms with van der Waals surface area (Å²) in [7, 11) is 1.84. The molecule has 16 heavy (non-hydrogen) atoms. The number of nitrogens with zero attached hydrogens (tertiary/aromatic N) is 2. The van der Waals surface area contributed by atoms with Gasteiger partial charge in [0, 0.05) is 19.8 Å². The standard InChI is InChI=1S/C11H18N4O/c1-3-11(4-5-12-8-11)10(16)14-9-6-13-15(2)7-9/h6-7,12H,3-5,8H2,1-2H3,(H,14,16). The zero-order valence-corrected chi connectivity index (χ0v) is 9.79. The van der Waals surface area contributed by atoms with E-state index < -0.39 is 0 Å². The second-order valence-corrected chi connectivity index (χ2v) is 4.42. The molecule has 0 bridgehead atoms. The number of carbonyl (C=O) groups excluding carboxylic acids is 1. The molecule has 1 saturated heterocycles. The monoisotopic (exact) mass is 222 g/mol. The molecular formula is C11H18N4O. The first kappa shape index (κ1) is 11.1. The van der Waals surface area contributed by atoms with E-state index in [0.717, 1.165) is 31.6 Å². The molecular weight excluding hydrogens is 204 g/mol. The van der Waals surface area contributed by atoms with E-state index in [1.54, 1.807) is 10.9 Å². The topological polar surface area (TPSA) is 59.0 Å². The van der Waals surface area contributed by atoms with E-state index in [9.17, 15) is 4.79 Å². The van der Waals surface area contributed by atoms with Crippen LogP contribution in [0.1, 0.15) is 19.8 Å². The molecule has 1 atom stereocenters. The molecule has 1 amide bonds. The second-order valence-electron chi connectivity index (χ2n) is 4.42. The Kier molecular flexibility index (Phi) is 2.96. The Balaban J connectivity index is 2.07. The Labute approximate surface area is 95.2 Å². The number of anilines is 1. The average molecular weight is 222 g/mol. The van der Waals surface area contributed by atoms with Gasteiger partial charge in [0.2, 0.25) is 5.91 Å². The molecule has 1 aromatic rings. The lowest BCUT2D eigenvalue weighted by atomic mass is 9.83. The Hall–Kier alpha value is -1.36. The van der Waals surface area contributed by atoms with Crippen molar-refractivity contribution in [3.63, 3.8) is 0 Å². The van der Waals surface area contributed by atoms with Crippen LogP contribution in [0.2, 0.25) is 0 Å². The first-order valence-corrected chi connectivity index (χ1v) is 5.67. The summed E-state index contributed by atoms with van der Waals surface area (Å²) in [5.41, 5.74) is 0.530. The predicted octanol–water partition coefficient (Wildman–Crippen LogP) is 0.748. The van der Waals surface area contributed by atoms with Crippen LogP contribution in [0, 0.1) is 5.41 Å². The van der Waals surface area contributed by atoms with Crippen LogP contribution in [-0.2, 0) is 11.8 Å². The van der Waals surface area contributed by atoms with Gasteiger partial charge in [0.15, 0.2) is 0 Å². The number of amides is 1. The minimum atomic E-state index is -0.240. The minimum absolute atomic E-state index is 0.105. The van der Waals surface area contributed by atoms with Crippen molar-refractivity contribution in [3.05, 3.63) is 12.4 Å². The van der Waals surface area contributed by atoms with Crippen LogP contribution in [0.25, 0.3) is 0 Å². The fourth-order valence-corrected chi connectivity index (χ4v) is 2.15. The van der Waals surface area contributed by atoms with Crippen molar-refractivity contribution in [1.29, 1.82) is 0 Å². The molecule has 1 aromatic heterocycles. The highest BCUT2D eigenvalue weighted by Gasteiger charge is 2.39. The Morgan fingerprint density at radius 1 is 1.75 bits per heavy atom. The number of hydrogen-bond donors (Lipinski definition) is 2. The molecule has 5 nitrogen and oxygen atoms in total. The zero-order chi connectivity index (χ0) is 11.6. The summed E-state index contributed by atoms with van der Waals surface area (Å²) in [6.07, 6.45) is 5.26. The molecule has 0 aliphatic carbocycles. The van der Waals surface area contributed by atoms with Crippen molar-refractivity contribution in [3.8, 4) is 0 Å². The van der Waals surface area contributed by atoms with Gasteiger partial charge in [0.1, 0.15) is 0 Å². The van der Waals surface area contributed by atoms with Gasteiger partial charge in [0.25, 0.3) is 0 Å². The second kappa shape index (κ2) is 4.25. The summed E-state index contributed by atoms with van der Waals surface area (Å²) < 4.78 is 1.68. The number of hydrogen-bond acceptors (Lipinski definition) is 3. The first-order chi connectivity index (χ1) is 7.66. The lowest BCUT2D eigenvalue weighted by Gasteiger charge is -2.24. The molecule has 0 spiro atoms. The van der Waals surface area contributed by atoms with E-state index in [4.69, 9.17) is 0 Å². The van der Waals surface area contributed by atoms with Gasteiger partial charge in [-0.05, 0) is 19.4 Å². The smallest absolute Gasteiger partial charge is 0.232 e. The average Bonchev–Trinajstić information content (AvgIpc) is 2.88. The summed E-state index contributed by atoms with van der Waals surface area (Å²) in [4.78, 5) is 12.2. The van der Waals surface area contributed by atoms with Crippen molar-refractivity contribution >= 4 is 11.6 Å². The van der Waals surface area contributed by atoms with Crippen LogP contribution < -0.4 is 10.6 Å². The van der Waals surface area contributed by atoms with Gasteiger partial charge in [-0.1, -0.05) is 6.92 Å². The molecule has 5 heteroatoms. The van der Waals surface area contributed by atoms with Crippen LogP contribution in [0.15, 0.2) is 12.4 Å². The number of carbonyl (C=O) groups is 1. The lowest BCUT2D eigenvalue weighted by molar-refractivity contribution is -0.124. The Morgan fingerprint density at radius 2 is 2.56 bits per heavy atom. The van der Waals surface area contributed by atoms with Crippen LogP contribution in [-0.4, -0.2) is 28.8 Å². The molecule has 1 aliphatic rings. The van der Waals surface area contributed by atoms with Crippen molar-refractivity contribution in [2.45, 2.75) is 19.8 Å². The van der Waals surface area contributed by atoms with Gasteiger partial charge in [-0.2, -0.15) is 5.10 Å². The maximum atomic E-state index is 12.2. The highest BCUT2D eigenvalue weighted by molar-refractivity contribution is 5.95. The minimum Gasteiger partial charge on any atom is -0.323 e. The molecule has 88 valence electrons. The normalized spacial score (nSPS) is 24.6. The van der Waals surface area contributed by atoms with E-state index in [-0.39, 0.29) is 11.3 Å². The summed E-state index contributed by atoms with van der Waals surface area (Å²) in [6, 6.07) is 0. The predicted molar refractivity (Wildman–Crippen MR) is 62.0 cm³/mol.